The highest BCUT2D eigenvalue weighted by Crippen LogP contribution is 2.18. The molecule has 2 aromatic carbocycles. The SMILES string of the molecule is CC1CN(C(=O)COc2ccc(Cl)cc2)CC(Cc2ccccc2)O1. The first-order valence-electron chi connectivity index (χ1n) is 8.45. The first-order valence-corrected chi connectivity index (χ1v) is 8.83. The smallest absolute Gasteiger partial charge is 0.260 e. The van der Waals surface area contributed by atoms with Crippen molar-refractivity contribution in [3.05, 3.63) is 65.2 Å². The summed E-state index contributed by atoms with van der Waals surface area (Å²) in [6, 6.07) is 17.2. The second kappa shape index (κ2) is 8.37. The van der Waals surface area contributed by atoms with Crippen LogP contribution in [0.3, 0.4) is 0 Å². The number of ether oxygens (including phenoxy) is 2. The Kier molecular flexibility index (Phi) is 5.95. The molecule has 1 fully saturated rings. The lowest BCUT2D eigenvalue weighted by Gasteiger charge is -2.37. The molecular weight excluding hydrogens is 338 g/mol. The van der Waals surface area contributed by atoms with Crippen molar-refractivity contribution in [2.24, 2.45) is 0 Å². The van der Waals surface area contributed by atoms with E-state index >= 15 is 0 Å². The molecule has 1 aliphatic heterocycles. The molecule has 3 rings (SSSR count). The molecule has 132 valence electrons. The van der Waals surface area contributed by atoms with Crippen LogP contribution in [-0.2, 0) is 16.0 Å². The maximum absolute atomic E-state index is 12.5. The van der Waals surface area contributed by atoms with Gasteiger partial charge in [-0.25, -0.2) is 0 Å². The Labute approximate surface area is 153 Å². The number of halogens is 1. The summed E-state index contributed by atoms with van der Waals surface area (Å²) in [7, 11) is 0. The molecule has 4 nitrogen and oxygen atoms in total. The second-order valence-corrected chi connectivity index (χ2v) is 6.74. The van der Waals surface area contributed by atoms with Crippen molar-refractivity contribution in [1.82, 2.24) is 4.90 Å². The lowest BCUT2D eigenvalue weighted by atomic mass is 10.1. The van der Waals surface area contributed by atoms with Gasteiger partial charge in [0, 0.05) is 24.5 Å². The van der Waals surface area contributed by atoms with E-state index in [1.54, 1.807) is 24.3 Å². The number of nitrogens with zero attached hydrogens (tertiary/aromatic N) is 1. The molecule has 0 N–H and O–H groups in total. The molecule has 2 unspecified atom stereocenters. The Morgan fingerprint density at radius 1 is 1.16 bits per heavy atom. The number of benzene rings is 2. The Bertz CT molecular complexity index is 690. The summed E-state index contributed by atoms with van der Waals surface area (Å²) in [5.74, 6) is 0.614. The maximum atomic E-state index is 12.5. The number of carbonyl (C=O) groups is 1. The molecular formula is C20H22ClNO3. The number of amides is 1. The number of rotatable bonds is 5. The van der Waals surface area contributed by atoms with Gasteiger partial charge in [0.25, 0.3) is 5.91 Å². The van der Waals surface area contributed by atoms with E-state index in [0.717, 1.165) is 6.42 Å². The zero-order chi connectivity index (χ0) is 17.6. The van der Waals surface area contributed by atoms with Crippen LogP contribution in [0.2, 0.25) is 5.02 Å². The van der Waals surface area contributed by atoms with E-state index in [2.05, 4.69) is 12.1 Å². The molecule has 0 aliphatic carbocycles. The van der Waals surface area contributed by atoms with Crippen LogP contribution in [0.1, 0.15) is 12.5 Å². The number of morpholine rings is 1. The predicted molar refractivity (Wildman–Crippen MR) is 98.0 cm³/mol. The fraction of sp³-hybridized carbons (Fsp3) is 0.350. The van der Waals surface area contributed by atoms with Gasteiger partial charge in [0.15, 0.2) is 6.61 Å². The van der Waals surface area contributed by atoms with Gasteiger partial charge in [0.05, 0.1) is 12.2 Å². The van der Waals surface area contributed by atoms with Crippen LogP contribution in [0.5, 0.6) is 5.75 Å². The van der Waals surface area contributed by atoms with Gasteiger partial charge in [0.2, 0.25) is 0 Å². The molecule has 2 atom stereocenters. The van der Waals surface area contributed by atoms with Crippen LogP contribution in [0, 0.1) is 0 Å². The molecule has 1 heterocycles. The van der Waals surface area contributed by atoms with Gasteiger partial charge in [0.1, 0.15) is 5.75 Å². The van der Waals surface area contributed by atoms with Gasteiger partial charge in [-0.3, -0.25) is 4.79 Å². The van der Waals surface area contributed by atoms with Crippen molar-refractivity contribution >= 4 is 17.5 Å². The van der Waals surface area contributed by atoms with Crippen molar-refractivity contribution in [1.29, 1.82) is 0 Å². The highest BCUT2D eigenvalue weighted by molar-refractivity contribution is 6.30. The summed E-state index contributed by atoms with van der Waals surface area (Å²) in [6.07, 6.45) is 0.820. The minimum Gasteiger partial charge on any atom is -0.484 e. The second-order valence-electron chi connectivity index (χ2n) is 6.30. The molecule has 0 bridgehead atoms. The maximum Gasteiger partial charge on any atom is 0.260 e. The van der Waals surface area contributed by atoms with Crippen molar-refractivity contribution in [3.8, 4) is 5.75 Å². The Morgan fingerprint density at radius 2 is 1.88 bits per heavy atom. The molecule has 2 aromatic rings. The zero-order valence-corrected chi connectivity index (χ0v) is 15.0. The van der Waals surface area contributed by atoms with Crippen LogP contribution in [0.25, 0.3) is 0 Å². The van der Waals surface area contributed by atoms with Gasteiger partial charge in [-0.1, -0.05) is 41.9 Å². The number of hydrogen-bond donors (Lipinski definition) is 0. The largest absolute Gasteiger partial charge is 0.484 e. The summed E-state index contributed by atoms with van der Waals surface area (Å²) in [5, 5.41) is 0.643. The standard InChI is InChI=1S/C20H22ClNO3/c1-15-12-22(13-19(25-15)11-16-5-3-2-4-6-16)20(23)14-24-18-9-7-17(21)8-10-18/h2-10,15,19H,11-14H2,1H3. The molecule has 0 spiro atoms. The first kappa shape index (κ1) is 17.8. The normalized spacial score (nSPS) is 20.3. The molecule has 0 aromatic heterocycles. The first-order chi connectivity index (χ1) is 12.1. The Hall–Kier alpha value is -2.04. The van der Waals surface area contributed by atoms with Gasteiger partial charge < -0.3 is 14.4 Å². The molecule has 5 heteroatoms. The number of carbonyl (C=O) groups excluding carboxylic acids is 1. The topological polar surface area (TPSA) is 38.8 Å². The summed E-state index contributed by atoms with van der Waals surface area (Å²) >= 11 is 5.85. The van der Waals surface area contributed by atoms with Crippen molar-refractivity contribution < 1.29 is 14.3 Å². The van der Waals surface area contributed by atoms with Crippen LogP contribution >= 0.6 is 11.6 Å². The van der Waals surface area contributed by atoms with Crippen molar-refractivity contribution in [2.75, 3.05) is 19.7 Å². The van der Waals surface area contributed by atoms with E-state index in [1.165, 1.54) is 5.56 Å². The molecule has 0 saturated carbocycles. The van der Waals surface area contributed by atoms with Crippen LogP contribution in [0.4, 0.5) is 0 Å². The molecule has 1 saturated heterocycles. The minimum atomic E-state index is -0.0249. The monoisotopic (exact) mass is 359 g/mol. The molecule has 1 aliphatic rings. The average molecular weight is 360 g/mol. The van der Waals surface area contributed by atoms with Gasteiger partial charge >= 0.3 is 0 Å². The van der Waals surface area contributed by atoms with E-state index in [4.69, 9.17) is 21.1 Å². The fourth-order valence-electron chi connectivity index (χ4n) is 3.01. The summed E-state index contributed by atoms with van der Waals surface area (Å²) in [6.45, 7) is 3.19. The number of hydrogen-bond acceptors (Lipinski definition) is 3. The van der Waals surface area contributed by atoms with E-state index in [0.29, 0.717) is 23.9 Å². The highest BCUT2D eigenvalue weighted by Gasteiger charge is 2.28. The summed E-state index contributed by atoms with van der Waals surface area (Å²) in [4.78, 5) is 14.3. The van der Waals surface area contributed by atoms with E-state index < -0.39 is 0 Å². The lowest BCUT2D eigenvalue weighted by Crippen LogP contribution is -2.51. The Morgan fingerprint density at radius 3 is 2.60 bits per heavy atom. The fourth-order valence-corrected chi connectivity index (χ4v) is 3.13. The average Bonchev–Trinajstić information content (AvgIpc) is 2.61. The predicted octanol–water partition coefficient (Wildman–Crippen LogP) is 3.58. The van der Waals surface area contributed by atoms with E-state index in [-0.39, 0.29) is 24.7 Å². The lowest BCUT2D eigenvalue weighted by molar-refractivity contribution is -0.146. The van der Waals surface area contributed by atoms with Gasteiger partial charge in [-0.15, -0.1) is 0 Å². The van der Waals surface area contributed by atoms with Crippen molar-refractivity contribution in [3.63, 3.8) is 0 Å². The van der Waals surface area contributed by atoms with Gasteiger partial charge in [-0.05, 0) is 36.8 Å². The summed E-state index contributed by atoms with van der Waals surface area (Å²) in [5.41, 5.74) is 1.21. The highest BCUT2D eigenvalue weighted by atomic mass is 35.5. The van der Waals surface area contributed by atoms with Gasteiger partial charge in [-0.2, -0.15) is 0 Å². The summed E-state index contributed by atoms with van der Waals surface area (Å²) < 4.78 is 11.6. The van der Waals surface area contributed by atoms with E-state index in [1.807, 2.05) is 30.0 Å². The Balaban J connectivity index is 1.55. The third kappa shape index (κ3) is 5.21. The van der Waals surface area contributed by atoms with Crippen LogP contribution in [-0.4, -0.2) is 42.7 Å². The van der Waals surface area contributed by atoms with Crippen molar-refractivity contribution in [2.45, 2.75) is 25.6 Å². The van der Waals surface area contributed by atoms with Crippen LogP contribution < -0.4 is 4.74 Å². The zero-order valence-electron chi connectivity index (χ0n) is 14.2. The third-order valence-electron chi connectivity index (χ3n) is 4.16. The molecule has 0 radical (unpaired) electrons. The third-order valence-corrected chi connectivity index (χ3v) is 4.41. The van der Waals surface area contributed by atoms with Crippen LogP contribution in [0.15, 0.2) is 54.6 Å². The van der Waals surface area contributed by atoms with E-state index in [9.17, 15) is 4.79 Å². The quantitative estimate of drug-likeness (QED) is 0.819. The molecule has 25 heavy (non-hydrogen) atoms. The minimum absolute atomic E-state index is 0.00521. The molecule has 1 amide bonds.